The Labute approximate surface area is 136 Å². The van der Waals surface area contributed by atoms with Crippen molar-refractivity contribution in [2.75, 3.05) is 26.6 Å². The fraction of sp³-hybridized carbons (Fsp3) is 0.278. The molecule has 0 aromatic heterocycles. The molecule has 0 amide bonds. The van der Waals surface area contributed by atoms with Crippen molar-refractivity contribution in [1.29, 1.82) is 0 Å². The molecule has 0 fully saturated rings. The van der Waals surface area contributed by atoms with Gasteiger partial charge in [-0.1, -0.05) is 12.1 Å². The number of benzene rings is 2. The van der Waals surface area contributed by atoms with Crippen LogP contribution in [0.5, 0.6) is 11.5 Å². The van der Waals surface area contributed by atoms with Gasteiger partial charge in [0.05, 0.1) is 33.8 Å². The van der Waals surface area contributed by atoms with Crippen LogP contribution in [0, 0.1) is 0 Å². The first-order valence-corrected chi connectivity index (χ1v) is 7.27. The minimum absolute atomic E-state index is 0.193. The molecule has 1 atom stereocenters. The zero-order valence-electron chi connectivity index (χ0n) is 13.5. The molecule has 2 aromatic rings. The quantitative estimate of drug-likeness (QED) is 0.793. The molecule has 122 valence electrons. The third kappa shape index (κ3) is 4.64. The molecule has 5 nitrogen and oxygen atoms in total. The Morgan fingerprint density at radius 3 is 1.91 bits per heavy atom. The van der Waals surface area contributed by atoms with Gasteiger partial charge < -0.3 is 19.5 Å². The van der Waals surface area contributed by atoms with Gasteiger partial charge in [0.2, 0.25) is 0 Å². The number of hydrogen-bond donors (Lipinski definition) is 1. The van der Waals surface area contributed by atoms with E-state index in [4.69, 9.17) is 14.2 Å². The fourth-order valence-electron chi connectivity index (χ4n) is 2.23. The predicted octanol–water partition coefficient (Wildman–Crippen LogP) is 3.42. The van der Waals surface area contributed by atoms with Gasteiger partial charge in [0.1, 0.15) is 11.5 Å². The van der Waals surface area contributed by atoms with Gasteiger partial charge in [-0.15, -0.1) is 0 Å². The van der Waals surface area contributed by atoms with Crippen molar-refractivity contribution in [3.05, 3.63) is 54.1 Å². The molecule has 2 rings (SSSR count). The maximum atomic E-state index is 11.7. The molecule has 2 aromatic carbocycles. The van der Waals surface area contributed by atoms with Crippen molar-refractivity contribution in [1.82, 2.24) is 0 Å². The molecule has 0 spiro atoms. The standard InChI is InChI=1S/C18H21NO4/c1-21-15-8-4-13(5-9-15)17(12-18(20)23-3)19-14-6-10-16(22-2)11-7-14/h4-11,17,19H,12H2,1-3H3/t17-/m1/s1. The lowest BCUT2D eigenvalue weighted by atomic mass is 10.0. The van der Waals surface area contributed by atoms with Crippen LogP contribution in [0.1, 0.15) is 18.0 Å². The van der Waals surface area contributed by atoms with E-state index >= 15 is 0 Å². The van der Waals surface area contributed by atoms with Gasteiger partial charge in [-0.05, 0) is 42.0 Å². The monoisotopic (exact) mass is 315 g/mol. The SMILES string of the molecule is COC(=O)C[C@@H](Nc1ccc(OC)cc1)c1ccc(OC)cc1. The van der Waals surface area contributed by atoms with Gasteiger partial charge >= 0.3 is 5.97 Å². The van der Waals surface area contributed by atoms with Crippen LogP contribution in [-0.2, 0) is 9.53 Å². The van der Waals surface area contributed by atoms with Gasteiger partial charge in [0, 0.05) is 5.69 Å². The summed E-state index contributed by atoms with van der Waals surface area (Å²) in [6, 6.07) is 15.0. The maximum absolute atomic E-state index is 11.7. The lowest BCUT2D eigenvalue weighted by molar-refractivity contribution is -0.140. The van der Waals surface area contributed by atoms with Crippen LogP contribution >= 0.6 is 0 Å². The number of ether oxygens (including phenoxy) is 3. The summed E-state index contributed by atoms with van der Waals surface area (Å²) in [7, 11) is 4.64. The lowest BCUT2D eigenvalue weighted by Gasteiger charge is -2.20. The Hall–Kier alpha value is -2.69. The van der Waals surface area contributed by atoms with Gasteiger partial charge in [0.25, 0.3) is 0 Å². The summed E-state index contributed by atoms with van der Waals surface area (Å²) in [6.45, 7) is 0. The lowest BCUT2D eigenvalue weighted by Crippen LogP contribution is -2.16. The molecular weight excluding hydrogens is 294 g/mol. The van der Waals surface area contributed by atoms with Crippen molar-refractivity contribution in [3.8, 4) is 11.5 Å². The maximum Gasteiger partial charge on any atom is 0.307 e. The smallest absolute Gasteiger partial charge is 0.307 e. The van der Waals surface area contributed by atoms with Crippen molar-refractivity contribution < 1.29 is 19.0 Å². The number of methoxy groups -OCH3 is 3. The zero-order valence-corrected chi connectivity index (χ0v) is 13.5. The van der Waals surface area contributed by atoms with Crippen LogP contribution in [-0.4, -0.2) is 27.3 Å². The molecule has 0 radical (unpaired) electrons. The molecule has 1 N–H and O–H groups in total. The summed E-state index contributed by atoms with van der Waals surface area (Å²) in [4.78, 5) is 11.7. The molecule has 0 saturated heterocycles. The first-order chi connectivity index (χ1) is 11.2. The summed E-state index contributed by atoms with van der Waals surface area (Å²) in [5, 5.41) is 3.35. The van der Waals surface area contributed by atoms with E-state index in [1.165, 1.54) is 7.11 Å². The van der Waals surface area contributed by atoms with Crippen LogP contribution in [0.15, 0.2) is 48.5 Å². The molecule has 0 bridgehead atoms. The van der Waals surface area contributed by atoms with Gasteiger partial charge in [0.15, 0.2) is 0 Å². The normalized spacial score (nSPS) is 11.4. The highest BCUT2D eigenvalue weighted by Gasteiger charge is 2.16. The average molecular weight is 315 g/mol. The molecule has 0 unspecified atom stereocenters. The largest absolute Gasteiger partial charge is 0.497 e. The molecule has 0 saturated carbocycles. The highest BCUT2D eigenvalue weighted by atomic mass is 16.5. The van der Waals surface area contributed by atoms with Crippen molar-refractivity contribution >= 4 is 11.7 Å². The third-order valence-corrected chi connectivity index (χ3v) is 3.55. The van der Waals surface area contributed by atoms with Crippen molar-refractivity contribution in [2.24, 2.45) is 0 Å². The van der Waals surface area contributed by atoms with E-state index in [-0.39, 0.29) is 18.4 Å². The fourth-order valence-corrected chi connectivity index (χ4v) is 2.23. The van der Waals surface area contributed by atoms with Crippen LogP contribution in [0.4, 0.5) is 5.69 Å². The zero-order chi connectivity index (χ0) is 16.7. The molecule has 23 heavy (non-hydrogen) atoms. The highest BCUT2D eigenvalue weighted by Crippen LogP contribution is 2.26. The average Bonchev–Trinajstić information content (AvgIpc) is 2.61. The van der Waals surface area contributed by atoms with Gasteiger partial charge in [-0.25, -0.2) is 0 Å². The number of esters is 1. The molecule has 5 heteroatoms. The molecule has 0 aliphatic rings. The van der Waals surface area contributed by atoms with Crippen LogP contribution in [0.2, 0.25) is 0 Å². The van der Waals surface area contributed by atoms with E-state index in [0.717, 1.165) is 22.7 Å². The number of carbonyl (C=O) groups is 1. The minimum atomic E-state index is -0.271. The summed E-state index contributed by atoms with van der Waals surface area (Å²) >= 11 is 0. The van der Waals surface area contributed by atoms with Crippen LogP contribution in [0.25, 0.3) is 0 Å². The number of carbonyl (C=O) groups excluding carboxylic acids is 1. The Bertz CT molecular complexity index is 622. The minimum Gasteiger partial charge on any atom is -0.497 e. The Morgan fingerprint density at radius 1 is 0.913 bits per heavy atom. The summed E-state index contributed by atoms with van der Waals surface area (Å²) in [5.74, 6) is 1.28. The van der Waals surface area contributed by atoms with E-state index in [9.17, 15) is 4.79 Å². The molecule has 0 aliphatic heterocycles. The first kappa shape index (κ1) is 16.7. The van der Waals surface area contributed by atoms with Crippen LogP contribution < -0.4 is 14.8 Å². The Kier molecular flexibility index (Phi) is 5.86. The highest BCUT2D eigenvalue weighted by molar-refractivity contribution is 5.71. The Balaban J connectivity index is 2.19. The van der Waals surface area contributed by atoms with Crippen LogP contribution in [0.3, 0.4) is 0 Å². The Morgan fingerprint density at radius 2 is 1.43 bits per heavy atom. The van der Waals surface area contributed by atoms with Crippen molar-refractivity contribution in [2.45, 2.75) is 12.5 Å². The second-order valence-electron chi connectivity index (χ2n) is 4.98. The van der Waals surface area contributed by atoms with Gasteiger partial charge in [-0.2, -0.15) is 0 Å². The molecular formula is C18H21NO4. The second-order valence-corrected chi connectivity index (χ2v) is 4.98. The first-order valence-electron chi connectivity index (χ1n) is 7.27. The van der Waals surface area contributed by atoms with E-state index < -0.39 is 0 Å². The van der Waals surface area contributed by atoms with Crippen molar-refractivity contribution in [3.63, 3.8) is 0 Å². The van der Waals surface area contributed by atoms with E-state index in [2.05, 4.69) is 5.32 Å². The number of nitrogens with one attached hydrogen (secondary N) is 1. The molecule has 0 aliphatic carbocycles. The van der Waals surface area contributed by atoms with E-state index in [0.29, 0.717) is 0 Å². The predicted molar refractivity (Wildman–Crippen MR) is 89.0 cm³/mol. The molecule has 0 heterocycles. The number of hydrogen-bond acceptors (Lipinski definition) is 5. The number of anilines is 1. The summed E-state index contributed by atoms with van der Waals surface area (Å²) in [5.41, 5.74) is 1.88. The topological polar surface area (TPSA) is 56.8 Å². The third-order valence-electron chi connectivity index (χ3n) is 3.55. The number of rotatable bonds is 7. The summed E-state index contributed by atoms with van der Waals surface area (Å²) < 4.78 is 15.1. The van der Waals surface area contributed by atoms with E-state index in [1.54, 1.807) is 14.2 Å². The second kappa shape index (κ2) is 8.08. The van der Waals surface area contributed by atoms with E-state index in [1.807, 2.05) is 48.5 Å². The van der Waals surface area contributed by atoms with Gasteiger partial charge in [-0.3, -0.25) is 4.79 Å². The summed E-state index contributed by atoms with van der Waals surface area (Å²) in [6.07, 6.45) is 0.231.